The molecule has 2 rings (SSSR count). The third-order valence-electron chi connectivity index (χ3n) is 3.51. The van der Waals surface area contributed by atoms with Crippen LogP contribution >= 0.6 is 0 Å². The standard InChI is InChI=1S/C9H15NO2/c1-9(2)5-4-10-7(6(5)9)8(11)12-3/h5-7,10H,4H2,1-3H3/t5-,6?,7?/m0/s1. The van der Waals surface area contributed by atoms with Gasteiger partial charge in [0.1, 0.15) is 6.04 Å². The van der Waals surface area contributed by atoms with Gasteiger partial charge in [-0.2, -0.15) is 0 Å². The summed E-state index contributed by atoms with van der Waals surface area (Å²) in [5.41, 5.74) is 0.351. The fraction of sp³-hybridized carbons (Fsp3) is 0.889. The molecule has 1 saturated heterocycles. The Bertz CT molecular complexity index is 225. The van der Waals surface area contributed by atoms with Crippen molar-refractivity contribution in [2.45, 2.75) is 19.9 Å². The quantitative estimate of drug-likeness (QED) is 0.577. The van der Waals surface area contributed by atoms with Crippen molar-refractivity contribution in [2.24, 2.45) is 17.3 Å². The minimum atomic E-state index is -0.104. The lowest BCUT2D eigenvalue weighted by molar-refractivity contribution is -0.143. The lowest BCUT2D eigenvalue weighted by atomic mass is 10.0. The average Bonchev–Trinajstić information content (AvgIpc) is 2.52. The van der Waals surface area contributed by atoms with Crippen molar-refractivity contribution < 1.29 is 9.53 Å². The van der Waals surface area contributed by atoms with Crippen molar-refractivity contribution >= 4 is 5.97 Å². The third-order valence-corrected chi connectivity index (χ3v) is 3.51. The van der Waals surface area contributed by atoms with Gasteiger partial charge >= 0.3 is 5.97 Å². The predicted octanol–water partition coefficient (Wildman–Crippen LogP) is 0.403. The van der Waals surface area contributed by atoms with Crippen LogP contribution in [0.15, 0.2) is 0 Å². The van der Waals surface area contributed by atoms with Crippen LogP contribution in [0.4, 0.5) is 0 Å². The van der Waals surface area contributed by atoms with Gasteiger partial charge in [0.2, 0.25) is 0 Å². The zero-order valence-corrected chi connectivity index (χ0v) is 7.76. The highest BCUT2D eigenvalue weighted by molar-refractivity contribution is 5.77. The van der Waals surface area contributed by atoms with Crippen molar-refractivity contribution in [2.75, 3.05) is 13.7 Å². The summed E-state index contributed by atoms with van der Waals surface area (Å²) in [5.74, 6) is 1.08. The number of ether oxygens (including phenoxy) is 1. The molecule has 1 aliphatic heterocycles. The van der Waals surface area contributed by atoms with Gasteiger partial charge in [-0.25, -0.2) is 0 Å². The number of hydrogen-bond acceptors (Lipinski definition) is 3. The fourth-order valence-corrected chi connectivity index (χ4v) is 2.58. The maximum absolute atomic E-state index is 11.3. The van der Waals surface area contributed by atoms with Crippen LogP contribution in [0.2, 0.25) is 0 Å². The van der Waals surface area contributed by atoms with Crippen LogP contribution in [0.1, 0.15) is 13.8 Å². The zero-order chi connectivity index (χ0) is 8.93. The minimum Gasteiger partial charge on any atom is -0.468 e. The van der Waals surface area contributed by atoms with Gasteiger partial charge in [0.15, 0.2) is 0 Å². The van der Waals surface area contributed by atoms with Gasteiger partial charge in [-0.1, -0.05) is 13.8 Å². The molecule has 1 saturated carbocycles. The van der Waals surface area contributed by atoms with E-state index in [-0.39, 0.29) is 12.0 Å². The van der Waals surface area contributed by atoms with Crippen LogP contribution in [0.3, 0.4) is 0 Å². The molecule has 0 radical (unpaired) electrons. The van der Waals surface area contributed by atoms with Crippen LogP contribution in [-0.2, 0) is 9.53 Å². The van der Waals surface area contributed by atoms with Crippen LogP contribution in [0, 0.1) is 17.3 Å². The van der Waals surface area contributed by atoms with Crippen molar-refractivity contribution in [3.05, 3.63) is 0 Å². The Morgan fingerprint density at radius 1 is 1.58 bits per heavy atom. The number of esters is 1. The summed E-state index contributed by atoms with van der Waals surface area (Å²) in [6, 6.07) is -0.0463. The van der Waals surface area contributed by atoms with E-state index in [0.717, 1.165) is 6.54 Å². The Morgan fingerprint density at radius 2 is 2.25 bits per heavy atom. The Balaban J connectivity index is 2.08. The average molecular weight is 169 g/mol. The van der Waals surface area contributed by atoms with Crippen LogP contribution < -0.4 is 5.32 Å². The van der Waals surface area contributed by atoms with E-state index in [1.54, 1.807) is 0 Å². The largest absolute Gasteiger partial charge is 0.468 e. The first-order chi connectivity index (χ1) is 5.59. The Morgan fingerprint density at radius 3 is 2.67 bits per heavy atom. The molecule has 0 spiro atoms. The molecule has 68 valence electrons. The number of fused-ring (bicyclic) bond motifs is 1. The van der Waals surface area contributed by atoms with E-state index in [1.165, 1.54) is 7.11 Å². The first-order valence-corrected chi connectivity index (χ1v) is 4.40. The molecule has 12 heavy (non-hydrogen) atoms. The van der Waals surface area contributed by atoms with Gasteiger partial charge < -0.3 is 10.1 Å². The molecule has 3 nitrogen and oxygen atoms in total. The van der Waals surface area contributed by atoms with Crippen LogP contribution in [0.25, 0.3) is 0 Å². The highest BCUT2D eigenvalue weighted by Crippen LogP contribution is 2.62. The number of nitrogens with one attached hydrogen (secondary N) is 1. The molecule has 3 atom stereocenters. The highest BCUT2D eigenvalue weighted by Gasteiger charge is 2.66. The zero-order valence-electron chi connectivity index (χ0n) is 7.76. The molecule has 1 aliphatic carbocycles. The molecule has 2 unspecified atom stereocenters. The van der Waals surface area contributed by atoms with Gasteiger partial charge in [-0.05, 0) is 23.8 Å². The van der Waals surface area contributed by atoms with E-state index in [4.69, 9.17) is 4.74 Å². The SMILES string of the molecule is COC(=O)C1NC[C@H]2C1C2(C)C. The van der Waals surface area contributed by atoms with E-state index in [2.05, 4.69) is 19.2 Å². The molecule has 0 amide bonds. The molecule has 0 bridgehead atoms. The highest BCUT2D eigenvalue weighted by atomic mass is 16.5. The van der Waals surface area contributed by atoms with E-state index in [1.807, 2.05) is 0 Å². The Hall–Kier alpha value is -0.570. The van der Waals surface area contributed by atoms with E-state index < -0.39 is 0 Å². The molecule has 0 aromatic rings. The molecule has 1 heterocycles. The van der Waals surface area contributed by atoms with Gasteiger partial charge in [-0.3, -0.25) is 4.79 Å². The topological polar surface area (TPSA) is 38.3 Å². The first kappa shape index (κ1) is 8.05. The second-order valence-electron chi connectivity index (χ2n) is 4.36. The summed E-state index contributed by atoms with van der Waals surface area (Å²) < 4.78 is 4.72. The number of hydrogen-bond donors (Lipinski definition) is 1. The summed E-state index contributed by atoms with van der Waals surface area (Å²) in [5, 5.41) is 3.19. The van der Waals surface area contributed by atoms with Gasteiger partial charge in [-0.15, -0.1) is 0 Å². The summed E-state index contributed by atoms with van der Waals surface area (Å²) in [6.07, 6.45) is 0. The summed E-state index contributed by atoms with van der Waals surface area (Å²) in [7, 11) is 1.45. The van der Waals surface area contributed by atoms with Crippen LogP contribution in [-0.4, -0.2) is 25.7 Å². The summed E-state index contributed by atoms with van der Waals surface area (Å²) in [4.78, 5) is 11.3. The lowest BCUT2D eigenvalue weighted by Crippen LogP contribution is -2.38. The lowest BCUT2D eigenvalue weighted by Gasteiger charge is -2.16. The molecule has 2 fully saturated rings. The number of piperidine rings is 1. The predicted molar refractivity (Wildman–Crippen MR) is 44.6 cm³/mol. The van der Waals surface area contributed by atoms with Gasteiger partial charge in [0, 0.05) is 0 Å². The molecular formula is C9H15NO2. The Labute approximate surface area is 72.5 Å². The minimum absolute atomic E-state index is 0.0463. The monoisotopic (exact) mass is 169 g/mol. The fourth-order valence-electron chi connectivity index (χ4n) is 2.58. The first-order valence-electron chi connectivity index (χ1n) is 4.40. The summed E-state index contributed by atoms with van der Waals surface area (Å²) >= 11 is 0. The van der Waals surface area contributed by atoms with E-state index in [0.29, 0.717) is 17.3 Å². The van der Waals surface area contributed by atoms with Crippen molar-refractivity contribution in [1.82, 2.24) is 5.32 Å². The molecule has 0 aromatic heterocycles. The van der Waals surface area contributed by atoms with Gasteiger partial charge in [0.25, 0.3) is 0 Å². The van der Waals surface area contributed by atoms with Crippen molar-refractivity contribution in [3.63, 3.8) is 0 Å². The third kappa shape index (κ3) is 0.829. The van der Waals surface area contributed by atoms with Crippen molar-refractivity contribution in [3.8, 4) is 0 Å². The number of rotatable bonds is 1. The maximum atomic E-state index is 11.3. The smallest absolute Gasteiger partial charge is 0.323 e. The van der Waals surface area contributed by atoms with Gasteiger partial charge in [0.05, 0.1) is 7.11 Å². The summed E-state index contributed by atoms with van der Waals surface area (Å²) in [6.45, 7) is 5.41. The number of carbonyl (C=O) groups excluding carboxylic acids is 1. The molecule has 2 aliphatic rings. The molecule has 0 aromatic carbocycles. The van der Waals surface area contributed by atoms with Crippen LogP contribution in [0.5, 0.6) is 0 Å². The molecule has 3 heteroatoms. The van der Waals surface area contributed by atoms with E-state index >= 15 is 0 Å². The van der Waals surface area contributed by atoms with Crippen molar-refractivity contribution in [1.29, 1.82) is 0 Å². The number of carbonyl (C=O) groups is 1. The Kier molecular flexibility index (Phi) is 1.49. The van der Waals surface area contributed by atoms with E-state index in [9.17, 15) is 4.79 Å². The second kappa shape index (κ2) is 2.22. The normalized spacial score (nSPS) is 42.1. The maximum Gasteiger partial charge on any atom is 0.323 e. The molecule has 1 N–H and O–H groups in total. The second-order valence-corrected chi connectivity index (χ2v) is 4.36. The molecular weight excluding hydrogens is 154 g/mol. The number of methoxy groups -OCH3 is 1.